The van der Waals surface area contributed by atoms with Crippen molar-refractivity contribution in [1.29, 1.82) is 0 Å². The van der Waals surface area contributed by atoms with Crippen molar-refractivity contribution >= 4 is 95.2 Å². The molecule has 1 unspecified atom stereocenters. The SMILES string of the molecule is COCCN1C(=CC=CC2=[N+](CCOCCOCCOCCC(=O)On3c(O)ccc3O)c3ccc4c(S(=O)(=O)O)cc(S(=O)(=O)O)cc4c3C2(C)C)C(C)(CCCS(=O)(=O)O)c2c1ccc1c(S(=O)(=O)O)cc(S(=O)(=O)O)cc21. The lowest BCUT2D eigenvalue weighted by atomic mass is 9.75. The molecule has 3 heterocycles. The lowest BCUT2D eigenvalue weighted by Crippen LogP contribution is -2.31. The third-order valence-corrected chi connectivity index (χ3v) is 17.8. The second-order valence-electron chi connectivity index (χ2n) is 19.2. The molecule has 2 aliphatic rings. The van der Waals surface area contributed by atoms with E-state index in [9.17, 15) is 79.9 Å². The van der Waals surface area contributed by atoms with Crippen molar-refractivity contribution in [2.24, 2.45) is 0 Å². The molecule has 0 spiro atoms. The summed E-state index contributed by atoms with van der Waals surface area (Å²) >= 11 is 0. The maximum atomic E-state index is 12.8. The van der Waals surface area contributed by atoms with Gasteiger partial charge in [-0.3, -0.25) is 22.8 Å². The number of benzene rings is 4. The van der Waals surface area contributed by atoms with Gasteiger partial charge in [-0.15, -0.1) is 4.73 Å². The summed E-state index contributed by atoms with van der Waals surface area (Å²) in [6, 6.07) is 11.4. The second-order valence-corrected chi connectivity index (χ2v) is 26.4. The van der Waals surface area contributed by atoms with Crippen LogP contribution in [0.15, 0.2) is 104 Å². The summed E-state index contributed by atoms with van der Waals surface area (Å²) < 4.78 is 201. The molecule has 31 heteroatoms. The van der Waals surface area contributed by atoms with E-state index < -0.39 is 104 Å². The van der Waals surface area contributed by atoms with Gasteiger partial charge in [-0.2, -0.15) is 46.7 Å². The average molecular weight is 1220 g/mol. The van der Waals surface area contributed by atoms with Gasteiger partial charge in [0.15, 0.2) is 12.3 Å². The van der Waals surface area contributed by atoms with Crippen LogP contribution in [0, 0.1) is 0 Å². The molecule has 26 nitrogen and oxygen atoms in total. The molecule has 2 aliphatic heterocycles. The molecule has 0 saturated heterocycles. The fraction of sp³-hybridized carbons (Fsp3) is 0.388. The van der Waals surface area contributed by atoms with Gasteiger partial charge in [0.2, 0.25) is 17.4 Å². The Morgan fingerprint density at radius 1 is 0.637 bits per heavy atom. The molecule has 7 N–H and O–H groups in total. The van der Waals surface area contributed by atoms with Crippen LogP contribution in [0.1, 0.15) is 51.2 Å². The molecule has 0 amide bonds. The van der Waals surface area contributed by atoms with E-state index in [1.54, 1.807) is 50.0 Å². The van der Waals surface area contributed by atoms with Crippen LogP contribution in [0.3, 0.4) is 0 Å². The quantitative estimate of drug-likeness (QED) is 0.0232. The van der Waals surface area contributed by atoms with E-state index in [2.05, 4.69) is 0 Å². The minimum atomic E-state index is -5.15. The molecule has 4 aromatic carbocycles. The van der Waals surface area contributed by atoms with Gasteiger partial charge in [0.25, 0.3) is 50.6 Å². The lowest BCUT2D eigenvalue weighted by molar-refractivity contribution is -0.442. The number of carbonyl (C=O) groups excluding carboxylic acids is 1. The van der Waals surface area contributed by atoms with Crippen molar-refractivity contribution in [2.45, 2.75) is 70.4 Å². The Bertz CT molecular complexity index is 3930. The first-order valence-corrected chi connectivity index (χ1v) is 31.5. The van der Waals surface area contributed by atoms with Crippen LogP contribution in [0.5, 0.6) is 11.8 Å². The van der Waals surface area contributed by atoms with E-state index in [4.69, 9.17) is 23.8 Å². The van der Waals surface area contributed by atoms with Crippen molar-refractivity contribution in [1.82, 2.24) is 4.73 Å². The standard InChI is InChI=1S/C49H57N3O23S5/c1-48(2)41(7-5-8-42-49(3,16-6-26-76(56,57)58)47-36-28-32(78(62,63)64)30-40(80(68,69)70)34(36)10-12-38(47)51(42)17-20-71-4)50(37-11-9-33-35(46(37)48)27-31(77(59,60)61)29-39(33)79(65,66)67)18-21-73-23-25-74-24-22-72-19-15-45(55)75-52-43(53)13-14-44(52)54/h5,7-14,27-30H,6,15-26H2,1-4H3,(H6-,53,54,56,57,58,59,60,61,62,63,64,65,66,67,68,69,70)/p+1. The number of anilines is 1. The highest BCUT2D eigenvalue weighted by atomic mass is 32.2. The first-order chi connectivity index (χ1) is 37.2. The van der Waals surface area contributed by atoms with Crippen LogP contribution < -0.4 is 9.74 Å². The molecule has 0 bridgehead atoms. The van der Waals surface area contributed by atoms with E-state index in [-0.39, 0.29) is 106 Å². The number of allylic oxidation sites excluding steroid dienone is 4. The topological polar surface area (TPSA) is 387 Å². The molecule has 0 radical (unpaired) electrons. The number of ether oxygens (including phenoxy) is 4. The Morgan fingerprint density at radius 3 is 1.69 bits per heavy atom. The average Bonchev–Trinajstić information content (AvgIpc) is 3.88. The van der Waals surface area contributed by atoms with Gasteiger partial charge in [0.05, 0.1) is 67.0 Å². The molecule has 5 aromatic rings. The highest BCUT2D eigenvalue weighted by molar-refractivity contribution is 7.87. The lowest BCUT2D eigenvalue weighted by Gasteiger charge is -2.31. The maximum Gasteiger partial charge on any atom is 0.335 e. The van der Waals surface area contributed by atoms with E-state index in [1.165, 1.54) is 25.3 Å². The number of carbonyl (C=O) groups is 1. The molecule has 7 rings (SSSR count). The Morgan fingerprint density at radius 2 is 1.16 bits per heavy atom. The van der Waals surface area contributed by atoms with Crippen LogP contribution in [-0.2, 0) is 85.2 Å². The highest BCUT2D eigenvalue weighted by Gasteiger charge is 2.48. The van der Waals surface area contributed by atoms with E-state index in [1.807, 2.05) is 4.58 Å². The molecule has 1 aromatic heterocycles. The molecule has 436 valence electrons. The maximum absolute atomic E-state index is 12.8. The number of aromatic nitrogens is 1. The molecule has 80 heavy (non-hydrogen) atoms. The molecular formula is C49H58N3O23S5+. The van der Waals surface area contributed by atoms with Crippen LogP contribution in [0.4, 0.5) is 11.4 Å². The van der Waals surface area contributed by atoms with Gasteiger partial charge >= 0.3 is 5.97 Å². The van der Waals surface area contributed by atoms with Crippen LogP contribution in [-0.4, -0.2) is 168 Å². The number of hydrogen-bond acceptors (Lipinski definition) is 19. The van der Waals surface area contributed by atoms with Crippen LogP contribution >= 0.6 is 0 Å². The number of hydrogen-bond donors (Lipinski definition) is 7. The zero-order valence-corrected chi connectivity index (χ0v) is 47.3. The normalized spacial score (nSPS) is 17.4. The predicted octanol–water partition coefficient (Wildman–Crippen LogP) is 4.20. The fourth-order valence-electron chi connectivity index (χ4n) is 10.1. The van der Waals surface area contributed by atoms with Crippen molar-refractivity contribution < 1.29 is 108 Å². The largest absolute Gasteiger partial charge is 0.492 e. The summed E-state index contributed by atoms with van der Waals surface area (Å²) in [4.78, 5) is 15.4. The summed E-state index contributed by atoms with van der Waals surface area (Å²) in [5.74, 6) is -2.46. The third-order valence-electron chi connectivity index (χ3n) is 13.5. The number of fused-ring (bicyclic) bond motifs is 6. The van der Waals surface area contributed by atoms with E-state index in [0.29, 0.717) is 45.2 Å². The molecule has 1 atom stereocenters. The first-order valence-electron chi connectivity index (χ1n) is 24.1. The summed E-state index contributed by atoms with van der Waals surface area (Å²) in [6.45, 7) is 5.78. The first kappa shape index (κ1) is 61.7. The van der Waals surface area contributed by atoms with Crippen molar-refractivity contribution in [3.63, 3.8) is 0 Å². The molecule has 0 saturated carbocycles. The Labute approximate surface area is 460 Å². The summed E-state index contributed by atoms with van der Waals surface area (Å²) in [5, 5.41) is 19.1. The fourth-order valence-corrected chi connectivity index (χ4v) is 13.3. The van der Waals surface area contributed by atoms with Crippen LogP contribution in [0.2, 0.25) is 0 Å². The predicted molar refractivity (Wildman–Crippen MR) is 286 cm³/mol. The van der Waals surface area contributed by atoms with Gasteiger partial charge in [-0.1, -0.05) is 12.1 Å². The molecular weight excluding hydrogens is 1160 g/mol. The third kappa shape index (κ3) is 13.4. The van der Waals surface area contributed by atoms with Gasteiger partial charge in [-0.05, 0) is 92.4 Å². The smallest absolute Gasteiger partial charge is 0.335 e. The molecule has 0 fully saturated rings. The summed E-state index contributed by atoms with van der Waals surface area (Å²) in [7, 11) is -23.5. The molecule has 0 aliphatic carbocycles. The van der Waals surface area contributed by atoms with E-state index in [0.717, 1.165) is 24.3 Å². The minimum Gasteiger partial charge on any atom is -0.492 e. The van der Waals surface area contributed by atoms with E-state index >= 15 is 0 Å². The summed E-state index contributed by atoms with van der Waals surface area (Å²) in [5.41, 5.74) is -0.189. The number of methoxy groups -OCH3 is 1. The number of rotatable bonds is 26. The minimum absolute atomic E-state index is 0.0257. The highest BCUT2D eigenvalue weighted by Crippen LogP contribution is 2.54. The number of aromatic hydroxyl groups is 2. The van der Waals surface area contributed by atoms with Gasteiger partial charge in [-0.25, -0.2) is 4.79 Å². The van der Waals surface area contributed by atoms with Crippen molar-refractivity contribution in [2.75, 3.05) is 77.1 Å². The van der Waals surface area contributed by atoms with Crippen LogP contribution in [0.25, 0.3) is 21.5 Å². The van der Waals surface area contributed by atoms with Gasteiger partial charge in [0.1, 0.15) is 16.4 Å². The zero-order valence-electron chi connectivity index (χ0n) is 43.2. The zero-order chi connectivity index (χ0) is 59.0. The van der Waals surface area contributed by atoms with Gasteiger partial charge in [0, 0.05) is 71.1 Å². The monoisotopic (exact) mass is 1220 g/mol. The Hall–Kier alpha value is -5.91. The van der Waals surface area contributed by atoms with Crippen molar-refractivity contribution in [3.8, 4) is 11.8 Å². The van der Waals surface area contributed by atoms with Gasteiger partial charge < -0.3 is 38.9 Å². The Kier molecular flexibility index (Phi) is 18.1. The summed E-state index contributed by atoms with van der Waals surface area (Å²) in [6.07, 6.45) is 4.48. The number of nitrogens with zero attached hydrogens (tertiary/aromatic N) is 3. The second kappa shape index (κ2) is 23.5. The Balaban J connectivity index is 1.25. The van der Waals surface area contributed by atoms with Crippen molar-refractivity contribution in [3.05, 3.63) is 95.7 Å².